The van der Waals surface area contributed by atoms with Crippen molar-refractivity contribution in [3.05, 3.63) is 24.9 Å². The van der Waals surface area contributed by atoms with Crippen LogP contribution < -0.4 is 5.32 Å². The summed E-state index contributed by atoms with van der Waals surface area (Å²) in [5.74, 6) is 0.563. The molecule has 0 fully saturated rings. The minimum atomic E-state index is 0.563. The van der Waals surface area contributed by atoms with E-state index in [1.807, 2.05) is 6.92 Å². The number of H-pyrrole nitrogens is 1. The zero-order chi connectivity index (χ0) is 13.1. The Morgan fingerprint density at radius 3 is 3.00 bits per heavy atom. The quantitative estimate of drug-likeness (QED) is 0.699. The van der Waals surface area contributed by atoms with Gasteiger partial charge in [0.2, 0.25) is 5.95 Å². The van der Waals surface area contributed by atoms with Gasteiger partial charge in [-0.05, 0) is 18.7 Å². The minimum Gasteiger partial charge on any atom is -0.354 e. The average molecular weight is 273 g/mol. The highest BCUT2D eigenvalue weighted by atomic mass is 32.2. The molecule has 0 bridgehead atoms. The lowest BCUT2D eigenvalue weighted by molar-refractivity contribution is 1.02. The van der Waals surface area contributed by atoms with E-state index in [1.54, 1.807) is 24.9 Å². The summed E-state index contributed by atoms with van der Waals surface area (Å²) in [5.41, 5.74) is 1.44. The van der Waals surface area contributed by atoms with Crippen LogP contribution in [0.2, 0.25) is 0 Å². The van der Waals surface area contributed by atoms with Gasteiger partial charge in [0, 0.05) is 18.9 Å². The van der Waals surface area contributed by atoms with Crippen molar-refractivity contribution >= 4 is 28.9 Å². The highest BCUT2D eigenvalue weighted by Crippen LogP contribution is 2.28. The lowest BCUT2D eigenvalue weighted by atomic mass is 10.5. The number of imidazole rings is 1. The van der Waals surface area contributed by atoms with Crippen molar-refractivity contribution in [2.75, 3.05) is 11.9 Å². The van der Waals surface area contributed by atoms with Crippen LogP contribution in [0.1, 0.15) is 6.92 Å². The summed E-state index contributed by atoms with van der Waals surface area (Å²) in [6.07, 6.45) is 6.59. The SMILES string of the molecule is CCNc1nc(Sc2cnccn2)c2[nH]cnc2n1. The highest BCUT2D eigenvalue weighted by Gasteiger charge is 2.11. The van der Waals surface area contributed by atoms with Gasteiger partial charge in [-0.1, -0.05) is 0 Å². The topological polar surface area (TPSA) is 92.3 Å². The zero-order valence-electron chi connectivity index (χ0n) is 10.2. The van der Waals surface area contributed by atoms with Gasteiger partial charge in [0.15, 0.2) is 5.65 Å². The molecule has 3 aromatic rings. The first-order valence-electron chi connectivity index (χ1n) is 5.75. The molecule has 19 heavy (non-hydrogen) atoms. The largest absolute Gasteiger partial charge is 0.354 e. The summed E-state index contributed by atoms with van der Waals surface area (Å²) < 4.78 is 0. The van der Waals surface area contributed by atoms with Crippen LogP contribution in [0.3, 0.4) is 0 Å². The number of hydrogen-bond donors (Lipinski definition) is 2. The fraction of sp³-hybridized carbons (Fsp3) is 0.182. The number of aromatic amines is 1. The van der Waals surface area contributed by atoms with Crippen LogP contribution in [0.4, 0.5) is 5.95 Å². The summed E-state index contributed by atoms with van der Waals surface area (Å²) in [4.78, 5) is 24.3. The molecule has 0 saturated carbocycles. The zero-order valence-corrected chi connectivity index (χ0v) is 11.0. The second-order valence-corrected chi connectivity index (χ2v) is 4.64. The van der Waals surface area contributed by atoms with E-state index in [4.69, 9.17) is 0 Å². The Morgan fingerprint density at radius 1 is 1.26 bits per heavy atom. The molecule has 96 valence electrons. The number of anilines is 1. The summed E-state index contributed by atoms with van der Waals surface area (Å²) in [6.45, 7) is 2.75. The maximum Gasteiger partial charge on any atom is 0.225 e. The van der Waals surface area contributed by atoms with E-state index in [9.17, 15) is 0 Å². The smallest absolute Gasteiger partial charge is 0.225 e. The maximum atomic E-state index is 4.46. The molecule has 3 heterocycles. The summed E-state index contributed by atoms with van der Waals surface area (Å²) in [7, 11) is 0. The maximum absolute atomic E-state index is 4.46. The molecule has 0 radical (unpaired) electrons. The molecule has 3 aromatic heterocycles. The standard InChI is InChI=1S/C11H11N7S/c1-2-13-11-17-9-8(15-6-16-9)10(18-11)19-7-5-12-3-4-14-7/h3-6H,2H2,1H3,(H2,13,15,16,17,18). The Labute approximate surface area is 113 Å². The molecule has 0 aliphatic carbocycles. The van der Waals surface area contributed by atoms with Crippen molar-refractivity contribution < 1.29 is 0 Å². The Kier molecular flexibility index (Phi) is 3.23. The van der Waals surface area contributed by atoms with Crippen molar-refractivity contribution in [2.24, 2.45) is 0 Å². The van der Waals surface area contributed by atoms with Gasteiger partial charge in [-0.25, -0.2) is 15.0 Å². The molecule has 0 atom stereocenters. The average Bonchev–Trinajstić information content (AvgIpc) is 2.89. The Balaban J connectivity index is 2.03. The predicted molar refractivity (Wildman–Crippen MR) is 72.0 cm³/mol. The predicted octanol–water partition coefficient (Wildman–Crippen LogP) is 1.73. The molecule has 0 saturated heterocycles. The van der Waals surface area contributed by atoms with Crippen LogP contribution in [0.25, 0.3) is 11.2 Å². The number of nitrogens with one attached hydrogen (secondary N) is 2. The van der Waals surface area contributed by atoms with E-state index < -0.39 is 0 Å². The number of hydrogen-bond acceptors (Lipinski definition) is 7. The third-order valence-electron chi connectivity index (χ3n) is 2.33. The van der Waals surface area contributed by atoms with Crippen LogP contribution in [0, 0.1) is 0 Å². The van der Waals surface area contributed by atoms with Crippen LogP contribution in [0.15, 0.2) is 35.0 Å². The molecule has 0 unspecified atom stereocenters. The van der Waals surface area contributed by atoms with Crippen LogP contribution in [0.5, 0.6) is 0 Å². The first kappa shape index (κ1) is 11.8. The number of rotatable bonds is 4. The van der Waals surface area contributed by atoms with E-state index in [1.165, 1.54) is 11.8 Å². The molecule has 0 aliphatic heterocycles. The van der Waals surface area contributed by atoms with Crippen molar-refractivity contribution in [1.82, 2.24) is 29.9 Å². The van der Waals surface area contributed by atoms with Crippen molar-refractivity contribution in [2.45, 2.75) is 17.0 Å². The molecule has 0 amide bonds. The van der Waals surface area contributed by atoms with Crippen LogP contribution in [-0.2, 0) is 0 Å². The van der Waals surface area contributed by atoms with E-state index in [-0.39, 0.29) is 0 Å². The summed E-state index contributed by atoms with van der Waals surface area (Å²) in [5, 5.41) is 4.64. The highest BCUT2D eigenvalue weighted by molar-refractivity contribution is 7.99. The van der Waals surface area contributed by atoms with Crippen LogP contribution in [-0.4, -0.2) is 36.4 Å². The molecule has 0 aromatic carbocycles. The first-order valence-corrected chi connectivity index (χ1v) is 6.57. The fourth-order valence-corrected chi connectivity index (χ4v) is 2.36. The summed E-state index contributed by atoms with van der Waals surface area (Å²) in [6, 6.07) is 0. The van der Waals surface area contributed by atoms with Gasteiger partial charge in [-0.2, -0.15) is 4.98 Å². The third kappa shape index (κ3) is 2.48. The van der Waals surface area contributed by atoms with Gasteiger partial charge in [-0.15, -0.1) is 0 Å². The molecular weight excluding hydrogens is 262 g/mol. The van der Waals surface area contributed by atoms with E-state index in [2.05, 4.69) is 35.2 Å². The molecular formula is C11H11N7S. The normalized spacial score (nSPS) is 10.8. The molecule has 3 rings (SSSR count). The van der Waals surface area contributed by atoms with Crippen molar-refractivity contribution in [1.29, 1.82) is 0 Å². The molecule has 0 spiro atoms. The minimum absolute atomic E-state index is 0.563. The number of fused-ring (bicyclic) bond motifs is 1. The number of nitrogens with zero attached hydrogens (tertiary/aromatic N) is 5. The first-order chi connectivity index (χ1) is 9.36. The van der Waals surface area contributed by atoms with E-state index in [0.717, 1.165) is 22.1 Å². The monoisotopic (exact) mass is 273 g/mol. The Morgan fingerprint density at radius 2 is 2.21 bits per heavy atom. The van der Waals surface area contributed by atoms with E-state index >= 15 is 0 Å². The van der Waals surface area contributed by atoms with Gasteiger partial charge < -0.3 is 10.3 Å². The second kappa shape index (κ2) is 5.19. The number of aromatic nitrogens is 6. The van der Waals surface area contributed by atoms with Crippen molar-refractivity contribution in [3.63, 3.8) is 0 Å². The lowest BCUT2D eigenvalue weighted by Gasteiger charge is -2.05. The molecule has 2 N–H and O–H groups in total. The van der Waals surface area contributed by atoms with Gasteiger partial charge in [0.1, 0.15) is 15.6 Å². The molecule has 7 nitrogen and oxygen atoms in total. The Bertz CT molecular complexity index is 682. The van der Waals surface area contributed by atoms with Gasteiger partial charge >= 0.3 is 0 Å². The fourth-order valence-electron chi connectivity index (χ4n) is 1.55. The second-order valence-electron chi connectivity index (χ2n) is 3.63. The van der Waals surface area contributed by atoms with Crippen LogP contribution >= 0.6 is 11.8 Å². The molecule has 0 aliphatic rings. The summed E-state index contributed by atoms with van der Waals surface area (Å²) >= 11 is 1.43. The van der Waals surface area contributed by atoms with Gasteiger partial charge in [0.05, 0.1) is 12.5 Å². The van der Waals surface area contributed by atoms with E-state index in [0.29, 0.717) is 11.6 Å². The Hall–Kier alpha value is -2.22. The van der Waals surface area contributed by atoms with Gasteiger partial charge in [0.25, 0.3) is 0 Å². The van der Waals surface area contributed by atoms with Gasteiger partial charge in [-0.3, -0.25) is 4.98 Å². The van der Waals surface area contributed by atoms with Crippen molar-refractivity contribution in [3.8, 4) is 0 Å². The molecule has 8 heteroatoms. The third-order valence-corrected chi connectivity index (χ3v) is 3.24. The lowest BCUT2D eigenvalue weighted by Crippen LogP contribution is -2.03.